The zero-order chi connectivity index (χ0) is 25.3. The summed E-state index contributed by atoms with van der Waals surface area (Å²) in [6.45, 7) is 3.93. The normalized spacial score (nSPS) is 14.6. The third-order valence-electron chi connectivity index (χ3n) is 6.50. The van der Waals surface area contributed by atoms with Crippen molar-refractivity contribution in [3.63, 3.8) is 0 Å². The van der Waals surface area contributed by atoms with Crippen molar-refractivity contribution in [2.24, 2.45) is 0 Å². The van der Waals surface area contributed by atoms with Gasteiger partial charge in [0, 0.05) is 6.04 Å². The van der Waals surface area contributed by atoms with E-state index >= 15 is 0 Å². The van der Waals surface area contributed by atoms with Gasteiger partial charge in [0.05, 0.1) is 0 Å². The second kappa shape index (κ2) is 26.6. The number of halogens is 1. The Morgan fingerprint density at radius 3 is 1.41 bits per heavy atom. The van der Waals surface area contributed by atoms with Crippen LogP contribution in [-0.4, -0.2) is 56.2 Å². The maximum Gasteiger partial charge on any atom is 0.151 e. The number of aliphatic hydroxyl groups is 4. The molecule has 3 atom stereocenters. The van der Waals surface area contributed by atoms with Gasteiger partial charge in [-0.05, 0) is 80.6 Å². The summed E-state index contributed by atoms with van der Waals surface area (Å²) in [5.74, 6) is 0. The molecule has 0 amide bonds. The number of hydrogen-bond donors (Lipinski definition) is 6. The summed E-state index contributed by atoms with van der Waals surface area (Å²) in [6, 6.07) is 0.168. The molecule has 6 nitrogen and oxygen atoms in total. The molecule has 0 heterocycles. The molecule has 0 bridgehead atoms. The van der Waals surface area contributed by atoms with Crippen LogP contribution in [0.2, 0.25) is 0 Å². The fourth-order valence-electron chi connectivity index (χ4n) is 4.31. The second-order valence-electron chi connectivity index (χ2n) is 9.91. The standard InChI is InChI=1S/C27H57IN2O4/c1-2-22-29-24(27(28)34)19-17-18-23-30-25(31)20-15-13-11-9-7-5-3-4-6-8-10-12-14-16-21-26(32)33/h24-27,29-34H,2-23H2,1H3. The van der Waals surface area contributed by atoms with Gasteiger partial charge in [0.1, 0.15) is 10.3 Å². The molecule has 0 aromatic carbocycles. The molecule has 0 saturated carbocycles. The van der Waals surface area contributed by atoms with E-state index in [0.29, 0.717) is 6.42 Å². The summed E-state index contributed by atoms with van der Waals surface area (Å²) >= 11 is 2.08. The summed E-state index contributed by atoms with van der Waals surface area (Å²) in [6.07, 6.45) is 21.5. The highest BCUT2D eigenvalue weighted by Crippen LogP contribution is 2.14. The van der Waals surface area contributed by atoms with E-state index in [2.05, 4.69) is 40.1 Å². The molecule has 0 rings (SSSR count). The van der Waals surface area contributed by atoms with Crippen LogP contribution in [-0.2, 0) is 0 Å². The average molecular weight is 601 g/mol. The lowest BCUT2D eigenvalue weighted by Gasteiger charge is -2.20. The molecule has 0 spiro atoms. The Morgan fingerprint density at radius 1 is 0.529 bits per heavy atom. The van der Waals surface area contributed by atoms with Crippen LogP contribution >= 0.6 is 22.6 Å². The topological polar surface area (TPSA) is 105 Å². The van der Waals surface area contributed by atoms with Crippen molar-refractivity contribution >= 4 is 22.6 Å². The molecule has 7 heteroatoms. The van der Waals surface area contributed by atoms with E-state index in [1.807, 2.05) is 0 Å². The number of unbranched alkanes of at least 4 members (excludes halogenated alkanes) is 14. The first-order valence-electron chi connectivity index (χ1n) is 14.3. The first-order chi connectivity index (χ1) is 16.5. The van der Waals surface area contributed by atoms with Crippen LogP contribution in [0.15, 0.2) is 0 Å². The minimum Gasteiger partial charge on any atom is -0.381 e. The number of rotatable bonds is 27. The van der Waals surface area contributed by atoms with Crippen molar-refractivity contribution in [3.05, 3.63) is 0 Å². The Balaban J connectivity index is 3.31. The smallest absolute Gasteiger partial charge is 0.151 e. The quantitative estimate of drug-likeness (QED) is 0.0311. The molecular formula is C27H57IN2O4. The van der Waals surface area contributed by atoms with E-state index in [1.54, 1.807) is 0 Å². The molecule has 0 aliphatic carbocycles. The van der Waals surface area contributed by atoms with Gasteiger partial charge in [0.25, 0.3) is 0 Å². The predicted molar refractivity (Wildman–Crippen MR) is 152 cm³/mol. The molecule has 0 aromatic heterocycles. The van der Waals surface area contributed by atoms with Crippen LogP contribution in [0.5, 0.6) is 0 Å². The Hall–Kier alpha value is 0.490. The highest BCUT2D eigenvalue weighted by molar-refractivity contribution is 14.1. The lowest BCUT2D eigenvalue weighted by atomic mass is 10.0. The number of aliphatic hydroxyl groups excluding tert-OH is 3. The Labute approximate surface area is 224 Å². The number of hydrogen-bond acceptors (Lipinski definition) is 6. The van der Waals surface area contributed by atoms with Gasteiger partial charge < -0.3 is 25.7 Å². The van der Waals surface area contributed by atoms with Crippen molar-refractivity contribution in [1.29, 1.82) is 0 Å². The molecule has 0 aliphatic heterocycles. The van der Waals surface area contributed by atoms with Gasteiger partial charge in [-0.2, -0.15) is 0 Å². The zero-order valence-corrected chi connectivity index (χ0v) is 24.2. The van der Waals surface area contributed by atoms with E-state index in [-0.39, 0.29) is 16.4 Å². The Kier molecular flexibility index (Phi) is 26.9. The highest BCUT2D eigenvalue weighted by Gasteiger charge is 2.14. The molecule has 0 saturated heterocycles. The molecule has 0 aromatic rings. The Morgan fingerprint density at radius 2 is 0.971 bits per heavy atom. The van der Waals surface area contributed by atoms with Gasteiger partial charge in [-0.15, -0.1) is 0 Å². The zero-order valence-electron chi connectivity index (χ0n) is 22.0. The lowest BCUT2D eigenvalue weighted by molar-refractivity contribution is -0.0466. The summed E-state index contributed by atoms with van der Waals surface area (Å²) in [4.78, 5) is 0. The van der Waals surface area contributed by atoms with E-state index in [9.17, 15) is 10.2 Å². The van der Waals surface area contributed by atoms with Gasteiger partial charge >= 0.3 is 0 Å². The summed E-state index contributed by atoms with van der Waals surface area (Å²) in [5.41, 5.74) is 0. The molecule has 0 radical (unpaired) electrons. The van der Waals surface area contributed by atoms with Crippen molar-refractivity contribution in [1.82, 2.24) is 10.6 Å². The van der Waals surface area contributed by atoms with E-state index in [0.717, 1.165) is 64.5 Å². The molecule has 3 unspecified atom stereocenters. The van der Waals surface area contributed by atoms with Crippen molar-refractivity contribution in [2.75, 3.05) is 13.1 Å². The SMILES string of the molecule is CCCNC(CCCCNC(O)CCCCCCCCCCCCCCCCC(O)O)C(O)I. The monoisotopic (exact) mass is 600 g/mol. The van der Waals surface area contributed by atoms with Gasteiger partial charge in [0.2, 0.25) is 0 Å². The van der Waals surface area contributed by atoms with Crippen molar-refractivity contribution < 1.29 is 20.4 Å². The Bertz CT molecular complexity index is 403. The van der Waals surface area contributed by atoms with Crippen LogP contribution in [0.4, 0.5) is 0 Å². The van der Waals surface area contributed by atoms with Crippen molar-refractivity contribution in [2.45, 2.75) is 158 Å². The van der Waals surface area contributed by atoms with Crippen LogP contribution in [0, 0.1) is 0 Å². The first-order valence-corrected chi connectivity index (χ1v) is 15.5. The van der Waals surface area contributed by atoms with Crippen LogP contribution in [0.1, 0.15) is 135 Å². The minimum atomic E-state index is -1.13. The van der Waals surface area contributed by atoms with Gasteiger partial charge in [-0.25, -0.2) is 0 Å². The molecule has 0 fully saturated rings. The first kappa shape index (κ1) is 34.5. The minimum absolute atomic E-state index is 0.168. The van der Waals surface area contributed by atoms with Crippen LogP contribution in [0.3, 0.4) is 0 Å². The largest absolute Gasteiger partial charge is 0.381 e. The number of nitrogens with one attached hydrogen (secondary N) is 2. The van der Waals surface area contributed by atoms with E-state index in [4.69, 9.17) is 10.2 Å². The maximum atomic E-state index is 10.1. The van der Waals surface area contributed by atoms with Gasteiger partial charge in [0.15, 0.2) is 6.29 Å². The summed E-state index contributed by atoms with van der Waals surface area (Å²) < 4.78 is -0.343. The summed E-state index contributed by atoms with van der Waals surface area (Å²) in [7, 11) is 0. The summed E-state index contributed by atoms with van der Waals surface area (Å²) in [5, 5.41) is 44.2. The van der Waals surface area contributed by atoms with Crippen molar-refractivity contribution in [3.8, 4) is 0 Å². The van der Waals surface area contributed by atoms with E-state index in [1.165, 1.54) is 70.6 Å². The third-order valence-corrected chi connectivity index (χ3v) is 7.37. The van der Waals surface area contributed by atoms with Crippen LogP contribution in [0.25, 0.3) is 0 Å². The molecule has 206 valence electrons. The predicted octanol–water partition coefficient (Wildman–Crippen LogP) is 5.74. The number of alkyl halides is 1. The third kappa shape index (κ3) is 25.6. The van der Waals surface area contributed by atoms with Crippen LogP contribution < -0.4 is 10.6 Å². The second-order valence-corrected chi connectivity index (χ2v) is 11.2. The fraction of sp³-hybridized carbons (Fsp3) is 1.00. The maximum absolute atomic E-state index is 10.1. The lowest BCUT2D eigenvalue weighted by Crippen LogP contribution is -2.37. The molecule has 34 heavy (non-hydrogen) atoms. The van der Waals surface area contributed by atoms with Gasteiger partial charge in [-0.1, -0.05) is 90.4 Å². The molecule has 6 N–H and O–H groups in total. The molecule has 0 aliphatic rings. The van der Waals surface area contributed by atoms with Gasteiger partial charge in [-0.3, -0.25) is 5.32 Å². The average Bonchev–Trinajstić information content (AvgIpc) is 2.80. The fourth-order valence-corrected chi connectivity index (χ4v) is 4.93. The highest BCUT2D eigenvalue weighted by atomic mass is 127. The molecular weight excluding hydrogens is 543 g/mol. The van der Waals surface area contributed by atoms with E-state index < -0.39 is 6.29 Å².